The fraction of sp³-hybridized carbons (Fsp3) is 0.667. The van der Waals surface area contributed by atoms with Crippen LogP contribution >= 0.6 is 0 Å². The Bertz CT molecular complexity index is 410. The number of carbonyl (C=O) groups excluding carboxylic acids is 4. The lowest BCUT2D eigenvalue weighted by atomic mass is 10.1. The molecule has 0 heterocycles. The maximum absolute atomic E-state index is 11.8. The lowest BCUT2D eigenvalue weighted by molar-refractivity contribution is -0.143. The summed E-state index contributed by atoms with van der Waals surface area (Å²) in [5.74, 6) is -2.46. The van der Waals surface area contributed by atoms with Gasteiger partial charge in [-0.05, 0) is 13.8 Å². The van der Waals surface area contributed by atoms with E-state index in [4.69, 9.17) is 5.73 Å². The van der Waals surface area contributed by atoms with E-state index in [1.807, 2.05) is 0 Å². The highest BCUT2D eigenvalue weighted by molar-refractivity contribution is 5.93. The molecule has 0 rings (SSSR count). The molecule has 0 aromatic rings. The normalized spacial score (nSPS) is 14.5. The summed E-state index contributed by atoms with van der Waals surface area (Å²) in [6, 6.07) is -2.49. The molecule has 0 aromatic heterocycles. The van der Waals surface area contributed by atoms with E-state index in [1.54, 1.807) is 0 Å². The van der Waals surface area contributed by atoms with Crippen LogP contribution in [0.15, 0.2) is 0 Å². The monoisotopic (exact) mass is 303 g/mol. The van der Waals surface area contributed by atoms with E-state index in [0.717, 1.165) is 7.11 Å². The van der Waals surface area contributed by atoms with Crippen LogP contribution in [0.3, 0.4) is 0 Å². The van der Waals surface area contributed by atoms with E-state index in [2.05, 4.69) is 15.4 Å². The van der Waals surface area contributed by atoms with Crippen LogP contribution in [-0.4, -0.2) is 60.5 Å². The van der Waals surface area contributed by atoms with Crippen molar-refractivity contribution >= 4 is 23.6 Å². The number of methoxy groups -OCH3 is 1. The van der Waals surface area contributed by atoms with Crippen molar-refractivity contribution in [1.82, 2.24) is 10.6 Å². The van der Waals surface area contributed by atoms with E-state index >= 15 is 0 Å². The molecule has 0 aliphatic heterocycles. The van der Waals surface area contributed by atoms with Crippen LogP contribution in [0.1, 0.15) is 20.3 Å². The Morgan fingerprint density at radius 2 is 1.81 bits per heavy atom. The molecule has 0 spiro atoms. The third-order valence-electron chi connectivity index (χ3n) is 2.53. The van der Waals surface area contributed by atoms with E-state index in [1.165, 1.54) is 13.8 Å². The van der Waals surface area contributed by atoms with Crippen LogP contribution in [0.5, 0.6) is 0 Å². The quantitative estimate of drug-likeness (QED) is 0.361. The first-order chi connectivity index (χ1) is 9.68. The number of rotatable bonds is 8. The first-order valence-electron chi connectivity index (χ1n) is 6.27. The minimum absolute atomic E-state index is 0.216. The molecule has 120 valence electrons. The second-order valence-corrected chi connectivity index (χ2v) is 4.53. The number of nitrogens with two attached hydrogens (primary N) is 1. The molecular weight excluding hydrogens is 282 g/mol. The molecule has 0 saturated heterocycles. The summed E-state index contributed by atoms with van der Waals surface area (Å²) in [5, 5.41) is 14.0. The fourth-order valence-corrected chi connectivity index (χ4v) is 1.34. The molecule has 0 radical (unpaired) electrons. The topological polar surface area (TPSA) is 148 Å². The van der Waals surface area contributed by atoms with Gasteiger partial charge in [-0.2, -0.15) is 0 Å². The van der Waals surface area contributed by atoms with Gasteiger partial charge in [0.25, 0.3) is 0 Å². The van der Waals surface area contributed by atoms with Gasteiger partial charge in [-0.1, -0.05) is 0 Å². The predicted molar refractivity (Wildman–Crippen MR) is 71.9 cm³/mol. The third-order valence-corrected chi connectivity index (χ3v) is 2.53. The minimum Gasteiger partial charge on any atom is -0.469 e. The molecule has 0 aliphatic rings. The number of hydrogen-bond donors (Lipinski definition) is 4. The first-order valence-corrected chi connectivity index (χ1v) is 6.27. The fourth-order valence-electron chi connectivity index (χ4n) is 1.34. The van der Waals surface area contributed by atoms with Crippen molar-refractivity contribution < 1.29 is 29.0 Å². The van der Waals surface area contributed by atoms with Gasteiger partial charge in [0.15, 0.2) is 0 Å². The number of ether oxygens (including phenoxy) is 1. The smallest absolute Gasteiger partial charge is 0.307 e. The van der Waals surface area contributed by atoms with Gasteiger partial charge in [0.1, 0.15) is 11.8 Å². The standard InChI is InChI=1S/C12H21N3O6/c1-6(16)5-14-12(20)10(7(2)17)15-11(19)8(13)4-9(18)21-3/h7-8,10,17H,4-5,13H2,1-3H3,(H,14,20)(H,15,19). The van der Waals surface area contributed by atoms with Crippen LogP contribution in [-0.2, 0) is 23.9 Å². The summed E-state index contributed by atoms with van der Waals surface area (Å²) in [5.41, 5.74) is 5.48. The zero-order chi connectivity index (χ0) is 16.6. The van der Waals surface area contributed by atoms with Crippen molar-refractivity contribution in [3.05, 3.63) is 0 Å². The summed E-state index contributed by atoms with van der Waals surface area (Å²) in [6.45, 7) is 2.36. The summed E-state index contributed by atoms with van der Waals surface area (Å²) in [4.78, 5) is 45.3. The maximum atomic E-state index is 11.8. The molecular formula is C12H21N3O6. The Morgan fingerprint density at radius 3 is 2.24 bits per heavy atom. The highest BCUT2D eigenvalue weighted by atomic mass is 16.5. The Kier molecular flexibility index (Phi) is 8.17. The summed E-state index contributed by atoms with van der Waals surface area (Å²) >= 11 is 0. The van der Waals surface area contributed by atoms with E-state index in [0.29, 0.717) is 0 Å². The van der Waals surface area contributed by atoms with Crippen LogP contribution in [0.4, 0.5) is 0 Å². The van der Waals surface area contributed by atoms with Gasteiger partial charge in [0.2, 0.25) is 11.8 Å². The van der Waals surface area contributed by atoms with Crippen molar-refractivity contribution in [2.45, 2.75) is 38.5 Å². The number of ketones is 1. The average molecular weight is 303 g/mol. The molecule has 3 unspecified atom stereocenters. The van der Waals surface area contributed by atoms with Crippen LogP contribution in [0, 0.1) is 0 Å². The number of carbonyl (C=O) groups is 4. The SMILES string of the molecule is COC(=O)CC(N)C(=O)NC(C(=O)NCC(C)=O)C(C)O. The highest BCUT2D eigenvalue weighted by Crippen LogP contribution is 1.97. The largest absolute Gasteiger partial charge is 0.469 e. The number of esters is 1. The van der Waals surface area contributed by atoms with Crippen molar-refractivity contribution in [3.63, 3.8) is 0 Å². The molecule has 2 amide bonds. The van der Waals surface area contributed by atoms with Gasteiger partial charge >= 0.3 is 5.97 Å². The van der Waals surface area contributed by atoms with Crippen LogP contribution in [0.2, 0.25) is 0 Å². The summed E-state index contributed by atoms with van der Waals surface area (Å²) in [7, 11) is 1.15. The lowest BCUT2D eigenvalue weighted by Crippen LogP contribution is -2.56. The van der Waals surface area contributed by atoms with Crippen molar-refractivity contribution in [1.29, 1.82) is 0 Å². The van der Waals surface area contributed by atoms with Gasteiger partial charge in [-0.15, -0.1) is 0 Å². The number of nitrogens with one attached hydrogen (secondary N) is 2. The molecule has 5 N–H and O–H groups in total. The Hall–Kier alpha value is -2.00. The summed E-state index contributed by atoms with van der Waals surface area (Å²) < 4.78 is 4.37. The molecule has 9 heteroatoms. The zero-order valence-electron chi connectivity index (χ0n) is 12.2. The third kappa shape index (κ3) is 7.37. The Balaban J connectivity index is 4.62. The van der Waals surface area contributed by atoms with E-state index < -0.39 is 36.0 Å². The zero-order valence-corrected chi connectivity index (χ0v) is 12.2. The molecule has 0 saturated carbocycles. The molecule has 21 heavy (non-hydrogen) atoms. The molecule has 0 aromatic carbocycles. The van der Waals surface area contributed by atoms with Crippen LogP contribution in [0.25, 0.3) is 0 Å². The second-order valence-electron chi connectivity index (χ2n) is 4.53. The predicted octanol–water partition coefficient (Wildman–Crippen LogP) is -2.55. The lowest BCUT2D eigenvalue weighted by Gasteiger charge is -2.22. The molecule has 0 fully saturated rings. The number of Topliss-reactive ketones (excluding diaryl/α,β-unsaturated/α-hetero) is 1. The average Bonchev–Trinajstić information content (AvgIpc) is 2.40. The minimum atomic E-state index is -1.28. The molecule has 9 nitrogen and oxygen atoms in total. The maximum Gasteiger partial charge on any atom is 0.307 e. The van der Waals surface area contributed by atoms with Gasteiger partial charge in [-0.3, -0.25) is 19.2 Å². The number of amides is 2. The highest BCUT2D eigenvalue weighted by Gasteiger charge is 2.28. The van der Waals surface area contributed by atoms with Gasteiger partial charge in [0.05, 0.1) is 32.2 Å². The molecule has 0 bridgehead atoms. The number of hydrogen-bond acceptors (Lipinski definition) is 7. The van der Waals surface area contributed by atoms with Crippen LogP contribution < -0.4 is 16.4 Å². The number of aliphatic hydroxyl groups excluding tert-OH is 1. The van der Waals surface area contributed by atoms with Gasteiger partial charge in [0, 0.05) is 0 Å². The van der Waals surface area contributed by atoms with E-state index in [9.17, 15) is 24.3 Å². The molecule has 3 atom stereocenters. The van der Waals surface area contributed by atoms with Crippen molar-refractivity contribution in [3.8, 4) is 0 Å². The Labute approximate surface area is 122 Å². The van der Waals surface area contributed by atoms with E-state index in [-0.39, 0.29) is 18.7 Å². The van der Waals surface area contributed by atoms with Gasteiger partial charge < -0.3 is 26.2 Å². The number of aliphatic hydroxyl groups is 1. The van der Waals surface area contributed by atoms with Gasteiger partial charge in [-0.25, -0.2) is 0 Å². The van der Waals surface area contributed by atoms with Crippen molar-refractivity contribution in [2.75, 3.05) is 13.7 Å². The molecule has 0 aliphatic carbocycles. The second kappa shape index (κ2) is 9.03. The van der Waals surface area contributed by atoms with Crippen molar-refractivity contribution in [2.24, 2.45) is 5.73 Å². The Morgan fingerprint density at radius 1 is 1.24 bits per heavy atom. The first kappa shape index (κ1) is 19.0. The summed E-state index contributed by atoms with van der Waals surface area (Å²) in [6.07, 6.45) is -1.56.